The van der Waals surface area contributed by atoms with E-state index in [1.807, 2.05) is 6.07 Å². The van der Waals surface area contributed by atoms with E-state index in [0.29, 0.717) is 45.6 Å². The second kappa shape index (κ2) is 20.1. The number of rotatable bonds is 18. The Morgan fingerprint density at radius 1 is 0.923 bits per heavy atom. The van der Waals surface area contributed by atoms with Gasteiger partial charge in [-0.15, -0.1) is 0 Å². The third-order valence-electron chi connectivity index (χ3n) is 11.5. The zero-order chi connectivity index (χ0) is 47.2. The molecule has 2 aromatic heterocycles. The number of esters is 1. The number of Topliss-reactive ketones (excluding diaryl/α,β-unsaturated/α-hetero) is 1. The summed E-state index contributed by atoms with van der Waals surface area (Å²) >= 11 is 0. The van der Waals surface area contributed by atoms with Gasteiger partial charge >= 0.3 is 18.1 Å². The average molecular weight is 895 g/mol. The lowest BCUT2D eigenvalue weighted by atomic mass is 9.86. The molecule has 19 heteroatoms. The van der Waals surface area contributed by atoms with Crippen LogP contribution in [-0.2, 0) is 58.8 Å². The lowest BCUT2D eigenvalue weighted by Crippen LogP contribution is -2.54. The molecule has 0 saturated heterocycles. The molecule has 65 heavy (non-hydrogen) atoms. The van der Waals surface area contributed by atoms with E-state index < -0.39 is 53.5 Å². The van der Waals surface area contributed by atoms with Crippen LogP contribution in [0, 0.1) is 11.8 Å². The number of cyclic esters (lactones) is 1. The number of carbonyl (C=O) groups excluding carboxylic acids is 7. The topological polar surface area (TPSA) is 279 Å². The summed E-state index contributed by atoms with van der Waals surface area (Å²) in [6, 6.07) is 12.3. The van der Waals surface area contributed by atoms with Crippen LogP contribution in [-0.4, -0.2) is 74.9 Å². The zero-order valence-electron chi connectivity index (χ0n) is 36.9. The molecule has 8 N–H and O–H groups in total. The van der Waals surface area contributed by atoms with Gasteiger partial charge in [0.15, 0.2) is 5.60 Å². The highest BCUT2D eigenvalue weighted by Gasteiger charge is 2.45. The third-order valence-corrected chi connectivity index (χ3v) is 11.5. The largest absolute Gasteiger partial charge is 0.458 e. The molecule has 0 aliphatic carbocycles. The van der Waals surface area contributed by atoms with E-state index in [1.165, 1.54) is 0 Å². The number of anilines is 2. The molecule has 19 nitrogen and oxygen atoms in total. The fraction of sp³-hybridized carbons (Fsp3) is 0.413. The van der Waals surface area contributed by atoms with Crippen LogP contribution in [0.1, 0.15) is 89.0 Å². The van der Waals surface area contributed by atoms with Gasteiger partial charge in [-0.25, -0.2) is 19.4 Å². The summed E-state index contributed by atoms with van der Waals surface area (Å²) in [6.07, 6.45) is -0.316. The number of nitrogens with one attached hydrogen (secondary N) is 5. The Balaban J connectivity index is 1.05. The minimum atomic E-state index is -1.93. The van der Waals surface area contributed by atoms with Gasteiger partial charge in [-0.1, -0.05) is 46.8 Å². The number of aliphatic hydroxyl groups is 1. The molecule has 0 bridgehead atoms. The first-order valence-electron chi connectivity index (χ1n) is 21.5. The van der Waals surface area contributed by atoms with Gasteiger partial charge in [-0.3, -0.25) is 29.3 Å². The lowest BCUT2D eigenvalue weighted by molar-refractivity contribution is -0.172. The van der Waals surface area contributed by atoms with Crippen molar-refractivity contribution in [2.24, 2.45) is 17.6 Å². The maximum Gasteiger partial charge on any atom is 0.411 e. The molecule has 4 heterocycles. The van der Waals surface area contributed by atoms with Crippen LogP contribution in [0.5, 0.6) is 0 Å². The summed E-state index contributed by atoms with van der Waals surface area (Å²) in [6.45, 7) is 8.65. The summed E-state index contributed by atoms with van der Waals surface area (Å²) in [5.41, 5.74) is 7.13. The number of carbonyl (C=O) groups is 7. The average Bonchev–Trinajstić information content (AvgIpc) is 3.63. The first-order valence-corrected chi connectivity index (χ1v) is 21.5. The summed E-state index contributed by atoms with van der Waals surface area (Å²) in [5, 5.41) is 25.2. The van der Waals surface area contributed by atoms with Crippen molar-refractivity contribution >= 4 is 63.9 Å². The van der Waals surface area contributed by atoms with Gasteiger partial charge in [0.1, 0.15) is 31.1 Å². The van der Waals surface area contributed by atoms with Crippen LogP contribution in [0.15, 0.2) is 59.4 Å². The van der Waals surface area contributed by atoms with E-state index in [2.05, 4.69) is 26.6 Å². The number of nitrogens with two attached hydrogens (primary N) is 1. The molecule has 0 fully saturated rings. The Kier molecular flexibility index (Phi) is 14.7. The van der Waals surface area contributed by atoms with Crippen molar-refractivity contribution in [2.45, 2.75) is 104 Å². The number of hydrogen-bond acceptors (Lipinski definition) is 12. The van der Waals surface area contributed by atoms with Crippen LogP contribution in [0.4, 0.5) is 21.0 Å². The van der Waals surface area contributed by atoms with Crippen LogP contribution < -0.4 is 37.9 Å². The number of primary amides is 1. The summed E-state index contributed by atoms with van der Waals surface area (Å²) in [4.78, 5) is 107. The lowest BCUT2D eigenvalue weighted by Gasteiger charge is -2.31. The number of hydrogen-bond donors (Lipinski definition) is 7. The molecule has 2 aliphatic heterocycles. The Bertz CT molecular complexity index is 2590. The summed E-state index contributed by atoms with van der Waals surface area (Å²) < 4.78 is 12.2. The molecule has 6 rings (SSSR count). The van der Waals surface area contributed by atoms with E-state index >= 15 is 0 Å². The molecule has 0 saturated carbocycles. The molecule has 3 atom stereocenters. The molecule has 4 aromatic rings. The highest BCUT2D eigenvalue weighted by atomic mass is 16.6. The summed E-state index contributed by atoms with van der Waals surface area (Å²) in [5.74, 6) is -3.04. The molecule has 344 valence electrons. The van der Waals surface area contributed by atoms with E-state index in [9.17, 15) is 43.5 Å². The number of nitrogens with zero attached hydrogens (tertiary/aromatic N) is 2. The van der Waals surface area contributed by atoms with Crippen LogP contribution in [0.25, 0.3) is 22.3 Å². The van der Waals surface area contributed by atoms with E-state index in [0.717, 1.165) is 5.56 Å². The smallest absolute Gasteiger partial charge is 0.411 e. The number of ether oxygens (including phenoxy) is 2. The number of pyridine rings is 2. The van der Waals surface area contributed by atoms with Crippen molar-refractivity contribution in [3.8, 4) is 11.4 Å². The maximum absolute atomic E-state index is 13.5. The Labute approximate surface area is 374 Å². The monoisotopic (exact) mass is 894 g/mol. The van der Waals surface area contributed by atoms with Gasteiger partial charge in [-0.2, -0.15) is 0 Å². The van der Waals surface area contributed by atoms with Gasteiger partial charge < -0.3 is 46.1 Å². The molecule has 0 unspecified atom stereocenters. The highest BCUT2D eigenvalue weighted by molar-refractivity contribution is 5.99. The van der Waals surface area contributed by atoms with Gasteiger partial charge in [-0.05, 0) is 73.2 Å². The molecule has 0 radical (unpaired) electrons. The van der Waals surface area contributed by atoms with Crippen molar-refractivity contribution in [3.63, 3.8) is 0 Å². The molecular formula is C46H54N8O11. The molecule has 2 aromatic carbocycles. The van der Waals surface area contributed by atoms with Crippen LogP contribution in [0.3, 0.4) is 0 Å². The fourth-order valence-corrected chi connectivity index (χ4v) is 7.63. The minimum absolute atomic E-state index is 0.0344. The highest BCUT2D eigenvalue weighted by Crippen LogP contribution is 2.39. The molecule has 0 spiro atoms. The van der Waals surface area contributed by atoms with E-state index in [4.69, 9.17) is 20.2 Å². The first kappa shape index (κ1) is 47.3. The van der Waals surface area contributed by atoms with Crippen molar-refractivity contribution in [1.82, 2.24) is 25.5 Å². The predicted octanol–water partition coefficient (Wildman–Crippen LogP) is 3.85. The van der Waals surface area contributed by atoms with Gasteiger partial charge in [0.05, 0.1) is 29.0 Å². The van der Waals surface area contributed by atoms with Gasteiger partial charge in [0, 0.05) is 53.2 Å². The predicted molar refractivity (Wildman–Crippen MR) is 238 cm³/mol. The number of amides is 6. The van der Waals surface area contributed by atoms with Crippen molar-refractivity contribution in [1.29, 1.82) is 0 Å². The maximum atomic E-state index is 13.5. The van der Waals surface area contributed by atoms with Gasteiger partial charge in [0.25, 0.3) is 5.56 Å². The second-order valence-electron chi connectivity index (χ2n) is 16.8. The number of fused-ring (bicyclic) bond motifs is 5. The SMILES string of the molecule is CC[C@@]1(O)C(=O)OCc2c1cc1n(c2=O)Cc2cc3cc(NC(=O)OCc4ccc(NC(=O)[C@H](CCCNC(N)=O)NC(=O)[C@@H](NC(=O)CCC(=O)C(C)C)C(C)C)cc4)ccc3nc2-1. The van der Waals surface area contributed by atoms with Crippen LogP contribution >= 0.6 is 0 Å². The Morgan fingerprint density at radius 3 is 2.32 bits per heavy atom. The number of urea groups is 1. The van der Waals surface area contributed by atoms with Crippen molar-refractivity contribution in [3.05, 3.63) is 87.2 Å². The Hall–Kier alpha value is -7.15. The quantitative estimate of drug-likeness (QED) is 0.0488. The zero-order valence-corrected chi connectivity index (χ0v) is 36.9. The van der Waals surface area contributed by atoms with Crippen molar-refractivity contribution in [2.75, 3.05) is 17.2 Å². The van der Waals surface area contributed by atoms with E-state index in [-0.39, 0.29) is 86.3 Å². The standard InChI is InChI=1S/C46H54N8O11/c1-6-46(63)32-20-35-39-28(21-54(35)42(59)31(32)23-64-43(46)60)18-27-19-30(13-14-33(27)51-39)50-45(62)65-22-26-9-11-29(12-10-26)49-40(57)34(8-7-17-48-44(47)61)52-41(58)38(25(4)5)53-37(56)16-15-36(55)24(2)3/h9-14,18-20,24-25,34,38,63H,6-8,15-17,21-23H2,1-5H3,(H,49,57)(H,50,62)(H,52,58)(H,53,56)(H3,47,48,61)/t34-,38-,46-/m0/s1. The van der Waals surface area contributed by atoms with Gasteiger partial charge in [0.2, 0.25) is 17.7 Å². The second-order valence-corrected chi connectivity index (χ2v) is 16.8. The van der Waals surface area contributed by atoms with Crippen molar-refractivity contribution < 1.29 is 48.1 Å². The summed E-state index contributed by atoms with van der Waals surface area (Å²) in [7, 11) is 0. The number of aromatic nitrogens is 2. The minimum Gasteiger partial charge on any atom is -0.458 e. The fourth-order valence-electron chi connectivity index (χ4n) is 7.63. The molecule has 6 amide bonds. The Morgan fingerprint density at radius 2 is 1.65 bits per heavy atom. The number of ketones is 1. The first-order chi connectivity index (χ1) is 30.9. The van der Waals surface area contributed by atoms with E-state index in [1.54, 1.807) is 87.7 Å². The third kappa shape index (κ3) is 11.0. The normalized spacial score (nSPS) is 15.8. The number of benzene rings is 2. The van der Waals surface area contributed by atoms with Crippen LogP contribution in [0.2, 0.25) is 0 Å². The molecule has 2 aliphatic rings. The molecular weight excluding hydrogens is 841 g/mol.